The van der Waals surface area contributed by atoms with E-state index in [1.54, 1.807) is 0 Å². The topological polar surface area (TPSA) is 58.4 Å². The number of nitrogens with two attached hydrogens (primary N) is 1. The number of likely N-dealkylation sites (N-methyl/N-ethyl adjacent to an activating group) is 1. The predicted octanol–water partition coefficient (Wildman–Crippen LogP) is 2.27. The summed E-state index contributed by atoms with van der Waals surface area (Å²) in [5, 5.41) is 3.10. The molecular formula is C17H29N3O. The summed E-state index contributed by atoms with van der Waals surface area (Å²) in [4.78, 5) is 14.4. The van der Waals surface area contributed by atoms with Gasteiger partial charge in [-0.15, -0.1) is 0 Å². The lowest BCUT2D eigenvalue weighted by atomic mass is 10.0. The van der Waals surface area contributed by atoms with Gasteiger partial charge in [-0.3, -0.25) is 9.69 Å². The van der Waals surface area contributed by atoms with Crippen molar-refractivity contribution in [3.63, 3.8) is 0 Å². The normalized spacial score (nSPS) is 13.3. The number of carbonyl (C=O) groups is 1. The van der Waals surface area contributed by atoms with E-state index in [0.29, 0.717) is 13.1 Å². The van der Waals surface area contributed by atoms with Crippen LogP contribution in [0.25, 0.3) is 0 Å². The molecule has 0 saturated heterocycles. The first-order valence-corrected chi connectivity index (χ1v) is 7.60. The summed E-state index contributed by atoms with van der Waals surface area (Å²) in [6, 6.07) is 7.92. The van der Waals surface area contributed by atoms with Gasteiger partial charge in [-0.25, -0.2) is 0 Å². The Morgan fingerprint density at radius 2 is 1.90 bits per heavy atom. The van der Waals surface area contributed by atoms with Crippen LogP contribution in [-0.2, 0) is 17.9 Å². The number of amides is 1. The molecule has 0 aliphatic carbocycles. The Morgan fingerprint density at radius 1 is 1.33 bits per heavy atom. The first-order valence-electron chi connectivity index (χ1n) is 7.60. The van der Waals surface area contributed by atoms with E-state index in [1.807, 2.05) is 46.0 Å². The molecule has 0 fully saturated rings. The van der Waals surface area contributed by atoms with Crippen LogP contribution < -0.4 is 11.1 Å². The van der Waals surface area contributed by atoms with Crippen molar-refractivity contribution in [1.82, 2.24) is 10.2 Å². The van der Waals surface area contributed by atoms with Gasteiger partial charge in [-0.1, -0.05) is 31.2 Å². The van der Waals surface area contributed by atoms with E-state index >= 15 is 0 Å². The Labute approximate surface area is 128 Å². The Balaban J connectivity index is 2.70. The zero-order valence-corrected chi connectivity index (χ0v) is 13.9. The number of nitrogens with zero attached hydrogens (tertiary/aromatic N) is 1. The highest BCUT2D eigenvalue weighted by molar-refractivity contribution is 5.81. The van der Waals surface area contributed by atoms with Crippen LogP contribution >= 0.6 is 0 Å². The summed E-state index contributed by atoms with van der Waals surface area (Å²) in [7, 11) is 1.97. The molecule has 0 radical (unpaired) electrons. The van der Waals surface area contributed by atoms with E-state index in [1.165, 1.54) is 5.56 Å². The predicted molar refractivity (Wildman–Crippen MR) is 87.8 cm³/mol. The molecule has 4 nitrogen and oxygen atoms in total. The highest BCUT2D eigenvalue weighted by atomic mass is 16.2. The third-order valence-electron chi connectivity index (χ3n) is 4.14. The summed E-state index contributed by atoms with van der Waals surface area (Å²) < 4.78 is 0. The Bertz CT molecular complexity index is 471. The molecule has 3 N–H and O–H groups in total. The zero-order valence-electron chi connectivity index (χ0n) is 13.9. The van der Waals surface area contributed by atoms with Crippen LogP contribution in [-0.4, -0.2) is 29.4 Å². The molecule has 0 bridgehead atoms. The SMILES string of the molecule is CCC(C)(C)NC(=O)C(C)N(C)Cc1ccccc1CN. The highest BCUT2D eigenvalue weighted by Gasteiger charge is 2.24. The number of carbonyl (C=O) groups excluding carboxylic acids is 1. The maximum atomic E-state index is 12.3. The zero-order chi connectivity index (χ0) is 16.0. The van der Waals surface area contributed by atoms with Crippen molar-refractivity contribution >= 4 is 5.91 Å². The maximum Gasteiger partial charge on any atom is 0.237 e. The smallest absolute Gasteiger partial charge is 0.237 e. The first-order chi connectivity index (χ1) is 9.80. The van der Waals surface area contributed by atoms with Crippen molar-refractivity contribution in [2.75, 3.05) is 7.05 Å². The molecule has 0 aliphatic rings. The summed E-state index contributed by atoms with van der Waals surface area (Å²) in [6.45, 7) is 9.34. The van der Waals surface area contributed by atoms with Crippen LogP contribution in [0.2, 0.25) is 0 Å². The maximum absolute atomic E-state index is 12.3. The van der Waals surface area contributed by atoms with E-state index in [2.05, 4.69) is 23.2 Å². The van der Waals surface area contributed by atoms with E-state index in [0.717, 1.165) is 12.0 Å². The average molecular weight is 291 g/mol. The molecule has 21 heavy (non-hydrogen) atoms. The standard InChI is InChI=1S/C17H29N3O/c1-6-17(3,4)19-16(21)13(2)20(5)12-15-10-8-7-9-14(15)11-18/h7-10,13H,6,11-12,18H2,1-5H3,(H,19,21). The third-order valence-corrected chi connectivity index (χ3v) is 4.14. The quantitative estimate of drug-likeness (QED) is 0.810. The van der Waals surface area contributed by atoms with E-state index in [-0.39, 0.29) is 17.5 Å². The van der Waals surface area contributed by atoms with Crippen molar-refractivity contribution in [2.45, 2.75) is 58.8 Å². The van der Waals surface area contributed by atoms with Crippen LogP contribution in [0.1, 0.15) is 45.2 Å². The fraction of sp³-hybridized carbons (Fsp3) is 0.588. The molecule has 0 spiro atoms. The van der Waals surface area contributed by atoms with Crippen molar-refractivity contribution in [3.8, 4) is 0 Å². The summed E-state index contributed by atoms with van der Waals surface area (Å²) in [6.07, 6.45) is 0.908. The van der Waals surface area contributed by atoms with Gasteiger partial charge < -0.3 is 11.1 Å². The lowest BCUT2D eigenvalue weighted by Gasteiger charge is -2.30. The molecule has 1 amide bonds. The molecule has 1 rings (SSSR count). The number of rotatable bonds is 7. The van der Waals surface area contributed by atoms with Crippen LogP contribution in [0, 0.1) is 0 Å². The van der Waals surface area contributed by atoms with Gasteiger partial charge in [-0.2, -0.15) is 0 Å². The largest absolute Gasteiger partial charge is 0.350 e. The van der Waals surface area contributed by atoms with Crippen molar-refractivity contribution < 1.29 is 4.79 Å². The second-order valence-electron chi connectivity index (χ2n) is 6.29. The van der Waals surface area contributed by atoms with Gasteiger partial charge in [0.05, 0.1) is 6.04 Å². The monoisotopic (exact) mass is 291 g/mol. The molecule has 0 heterocycles. The second-order valence-corrected chi connectivity index (χ2v) is 6.29. The van der Waals surface area contributed by atoms with Crippen LogP contribution in [0.5, 0.6) is 0 Å². The lowest BCUT2D eigenvalue weighted by molar-refractivity contribution is -0.127. The first kappa shape index (κ1) is 17.7. The number of benzene rings is 1. The van der Waals surface area contributed by atoms with Crippen molar-refractivity contribution in [1.29, 1.82) is 0 Å². The van der Waals surface area contributed by atoms with Crippen molar-refractivity contribution in [3.05, 3.63) is 35.4 Å². The third kappa shape index (κ3) is 5.14. The summed E-state index contributed by atoms with van der Waals surface area (Å²) in [5.41, 5.74) is 7.91. The van der Waals surface area contributed by atoms with Gasteiger partial charge in [-0.05, 0) is 45.4 Å². The summed E-state index contributed by atoms with van der Waals surface area (Å²) >= 11 is 0. The van der Waals surface area contributed by atoms with Crippen LogP contribution in [0.15, 0.2) is 24.3 Å². The molecule has 4 heteroatoms. The second kappa shape index (κ2) is 7.57. The molecule has 1 aromatic carbocycles. The minimum absolute atomic E-state index is 0.0644. The number of nitrogens with one attached hydrogen (secondary N) is 1. The van der Waals surface area contributed by atoms with Gasteiger partial charge in [0.1, 0.15) is 0 Å². The number of hydrogen-bond acceptors (Lipinski definition) is 3. The van der Waals surface area contributed by atoms with Crippen molar-refractivity contribution in [2.24, 2.45) is 5.73 Å². The van der Waals surface area contributed by atoms with Crippen LogP contribution in [0.4, 0.5) is 0 Å². The average Bonchev–Trinajstić information content (AvgIpc) is 2.46. The van der Waals surface area contributed by atoms with E-state index in [9.17, 15) is 4.79 Å². The van der Waals surface area contributed by atoms with Gasteiger partial charge >= 0.3 is 0 Å². The fourth-order valence-corrected chi connectivity index (χ4v) is 2.04. The van der Waals surface area contributed by atoms with E-state index in [4.69, 9.17) is 5.73 Å². The van der Waals surface area contributed by atoms with Gasteiger partial charge in [0.25, 0.3) is 0 Å². The lowest BCUT2D eigenvalue weighted by Crippen LogP contribution is -2.50. The Kier molecular flexibility index (Phi) is 6.37. The highest BCUT2D eigenvalue weighted by Crippen LogP contribution is 2.13. The van der Waals surface area contributed by atoms with E-state index < -0.39 is 0 Å². The summed E-state index contributed by atoms with van der Waals surface area (Å²) in [5.74, 6) is 0.0644. The van der Waals surface area contributed by atoms with Gasteiger partial charge in [0.15, 0.2) is 0 Å². The minimum atomic E-state index is -0.179. The number of hydrogen-bond donors (Lipinski definition) is 2. The van der Waals surface area contributed by atoms with Crippen LogP contribution in [0.3, 0.4) is 0 Å². The molecular weight excluding hydrogens is 262 g/mol. The Hall–Kier alpha value is -1.39. The Morgan fingerprint density at radius 3 is 2.43 bits per heavy atom. The van der Waals surface area contributed by atoms with Gasteiger partial charge in [0, 0.05) is 18.6 Å². The minimum Gasteiger partial charge on any atom is -0.350 e. The molecule has 0 aromatic heterocycles. The van der Waals surface area contributed by atoms with Gasteiger partial charge in [0.2, 0.25) is 5.91 Å². The molecule has 1 atom stereocenters. The molecule has 0 saturated carbocycles. The molecule has 1 unspecified atom stereocenters. The molecule has 1 aromatic rings. The fourth-order valence-electron chi connectivity index (χ4n) is 2.04. The molecule has 0 aliphatic heterocycles. The molecule has 118 valence electrons.